The Labute approximate surface area is 108 Å². The zero-order valence-electron chi connectivity index (χ0n) is 11.5. The molecule has 0 aliphatic carbocycles. The number of nitrogens with two attached hydrogens (primary N) is 2. The van der Waals surface area contributed by atoms with Crippen LogP contribution in [0, 0.1) is 4.91 Å². The topological polar surface area (TPSA) is 83.7 Å². The Morgan fingerprint density at radius 1 is 1.50 bits per heavy atom. The highest BCUT2D eigenvalue weighted by molar-refractivity contribution is 5.95. The molecule has 0 spiro atoms. The van der Waals surface area contributed by atoms with Crippen molar-refractivity contribution >= 4 is 5.84 Å². The number of allylic oxidation sites excluding steroid dienone is 3. The van der Waals surface area contributed by atoms with Gasteiger partial charge in [0.05, 0.1) is 0 Å². The summed E-state index contributed by atoms with van der Waals surface area (Å²) in [6.07, 6.45) is 5.48. The van der Waals surface area contributed by atoms with Gasteiger partial charge in [0.15, 0.2) is 6.17 Å². The van der Waals surface area contributed by atoms with Crippen LogP contribution in [0.5, 0.6) is 0 Å². The molecule has 0 radical (unpaired) electrons. The first-order valence-electron chi connectivity index (χ1n) is 6.53. The summed E-state index contributed by atoms with van der Waals surface area (Å²) in [5.41, 5.74) is 3.12. The van der Waals surface area contributed by atoms with Crippen molar-refractivity contribution in [1.82, 2.24) is 5.32 Å². The van der Waals surface area contributed by atoms with Gasteiger partial charge in [-0.3, -0.25) is 16.0 Å². The lowest BCUT2D eigenvalue weighted by atomic mass is 10.0. The van der Waals surface area contributed by atoms with Crippen LogP contribution in [-0.4, -0.2) is 18.5 Å². The molecule has 100 valence electrons. The minimum atomic E-state index is 0.00301. The van der Waals surface area contributed by atoms with Crippen LogP contribution in [0.15, 0.2) is 28.1 Å². The lowest BCUT2D eigenvalue weighted by Gasteiger charge is -2.21. The van der Waals surface area contributed by atoms with Crippen molar-refractivity contribution in [2.75, 3.05) is 6.54 Å². The standard InChI is InChI=1S/C13H22N4O/c1-4-5-6-7-15-13-11(12(14)17-18)8-9(2)10(3)16-13/h8,13-16H,4-7H2,1-3H3/p+2. The largest absolute Gasteiger partial charge is 0.376 e. The van der Waals surface area contributed by atoms with E-state index >= 15 is 0 Å². The summed E-state index contributed by atoms with van der Waals surface area (Å²) in [5, 5.41) is 14.0. The summed E-state index contributed by atoms with van der Waals surface area (Å²) < 4.78 is 0. The van der Waals surface area contributed by atoms with E-state index in [-0.39, 0.29) is 12.0 Å². The molecule has 0 amide bonds. The third-order valence-electron chi connectivity index (χ3n) is 3.28. The van der Waals surface area contributed by atoms with Crippen LogP contribution in [0.25, 0.3) is 0 Å². The molecule has 1 rings (SSSR count). The van der Waals surface area contributed by atoms with E-state index in [1.165, 1.54) is 18.5 Å². The van der Waals surface area contributed by atoms with Crippen molar-refractivity contribution in [1.29, 1.82) is 0 Å². The van der Waals surface area contributed by atoms with Crippen LogP contribution in [-0.2, 0) is 0 Å². The maximum atomic E-state index is 10.6. The van der Waals surface area contributed by atoms with Gasteiger partial charge >= 0.3 is 5.84 Å². The zero-order chi connectivity index (χ0) is 13.5. The van der Waals surface area contributed by atoms with Crippen molar-refractivity contribution in [2.24, 2.45) is 5.18 Å². The van der Waals surface area contributed by atoms with Gasteiger partial charge in [0, 0.05) is 19.0 Å². The van der Waals surface area contributed by atoms with E-state index < -0.39 is 0 Å². The van der Waals surface area contributed by atoms with Crippen molar-refractivity contribution in [3.63, 3.8) is 0 Å². The van der Waals surface area contributed by atoms with E-state index in [1.807, 2.05) is 13.0 Å². The first-order chi connectivity index (χ1) is 8.60. The van der Waals surface area contributed by atoms with Gasteiger partial charge in [-0.2, -0.15) is 0 Å². The molecule has 0 fully saturated rings. The number of nitroso groups, excluding NO2 is 1. The van der Waals surface area contributed by atoms with Gasteiger partial charge in [0.2, 0.25) is 5.18 Å². The Morgan fingerprint density at radius 2 is 2.22 bits per heavy atom. The third-order valence-corrected chi connectivity index (χ3v) is 3.28. The molecule has 0 aromatic heterocycles. The zero-order valence-corrected chi connectivity index (χ0v) is 11.5. The van der Waals surface area contributed by atoms with E-state index in [0.717, 1.165) is 24.1 Å². The SMILES string of the molecule is CCCCCNC1[NH2+]C(C)=C(C)C=C1C(=[NH2+])N=O. The maximum absolute atomic E-state index is 10.6. The number of nitrogens with one attached hydrogen (secondary N) is 1. The second kappa shape index (κ2) is 7.18. The minimum absolute atomic E-state index is 0.00301. The Kier molecular flexibility index (Phi) is 5.88. The van der Waals surface area contributed by atoms with E-state index in [9.17, 15) is 4.91 Å². The molecule has 0 bridgehead atoms. The first-order valence-corrected chi connectivity index (χ1v) is 6.53. The highest BCUT2D eigenvalue weighted by Gasteiger charge is 2.30. The predicted octanol–water partition coefficient (Wildman–Crippen LogP) is -0.186. The lowest BCUT2D eigenvalue weighted by molar-refractivity contribution is -0.641. The van der Waals surface area contributed by atoms with Crippen LogP contribution >= 0.6 is 0 Å². The Morgan fingerprint density at radius 3 is 2.83 bits per heavy atom. The predicted molar refractivity (Wildman–Crippen MR) is 72.4 cm³/mol. The van der Waals surface area contributed by atoms with Gasteiger partial charge in [-0.25, -0.2) is 0 Å². The molecule has 5 heteroatoms. The van der Waals surface area contributed by atoms with Gasteiger partial charge in [0.1, 0.15) is 11.3 Å². The highest BCUT2D eigenvalue weighted by atomic mass is 16.3. The number of hydrogen-bond acceptors (Lipinski definition) is 2. The van der Waals surface area contributed by atoms with E-state index in [4.69, 9.17) is 5.41 Å². The van der Waals surface area contributed by atoms with Crippen molar-refractivity contribution in [3.8, 4) is 0 Å². The molecule has 0 aromatic carbocycles. The Bertz CT molecular complexity index is 384. The van der Waals surface area contributed by atoms with E-state index in [1.54, 1.807) is 0 Å². The van der Waals surface area contributed by atoms with Crippen LogP contribution in [0.1, 0.15) is 40.0 Å². The van der Waals surface area contributed by atoms with E-state index in [2.05, 4.69) is 29.7 Å². The molecule has 18 heavy (non-hydrogen) atoms. The van der Waals surface area contributed by atoms with E-state index in [0.29, 0.717) is 0 Å². The molecular weight excluding hydrogens is 228 g/mol. The summed E-state index contributed by atoms with van der Waals surface area (Å²) in [4.78, 5) is 10.6. The second-order valence-electron chi connectivity index (χ2n) is 4.75. The molecule has 0 saturated heterocycles. The molecule has 5 nitrogen and oxygen atoms in total. The van der Waals surface area contributed by atoms with Gasteiger partial charge in [-0.05, 0) is 24.3 Å². The monoisotopic (exact) mass is 252 g/mol. The van der Waals surface area contributed by atoms with Gasteiger partial charge in [-0.15, -0.1) is 0 Å². The number of quaternary nitrogens is 1. The third kappa shape index (κ3) is 3.85. The summed E-state index contributed by atoms with van der Waals surface area (Å²) in [7, 11) is 0. The molecule has 1 atom stereocenters. The Hall–Kier alpha value is -1.33. The summed E-state index contributed by atoms with van der Waals surface area (Å²) >= 11 is 0. The average Bonchev–Trinajstić information content (AvgIpc) is 2.37. The minimum Gasteiger partial charge on any atom is -0.298 e. The molecule has 1 aliphatic heterocycles. The molecule has 1 aliphatic rings. The number of amidine groups is 1. The normalized spacial score (nSPS) is 19.7. The number of nitrogens with zero attached hydrogens (tertiary/aromatic N) is 1. The van der Waals surface area contributed by atoms with Crippen LogP contribution < -0.4 is 16.0 Å². The van der Waals surface area contributed by atoms with Crippen molar-refractivity contribution < 1.29 is 10.7 Å². The Balaban J connectivity index is 2.69. The molecule has 1 unspecified atom stereocenters. The average molecular weight is 252 g/mol. The number of hydrogen-bond donors (Lipinski definition) is 3. The lowest BCUT2D eigenvalue weighted by Crippen LogP contribution is -2.93. The molecule has 1 heterocycles. The summed E-state index contributed by atoms with van der Waals surface area (Å²) in [6, 6.07) is 0. The van der Waals surface area contributed by atoms with Crippen LogP contribution in [0.3, 0.4) is 0 Å². The molecule has 5 N–H and O–H groups in total. The van der Waals surface area contributed by atoms with Gasteiger partial charge < -0.3 is 0 Å². The smallest absolute Gasteiger partial charge is 0.298 e. The van der Waals surface area contributed by atoms with Crippen molar-refractivity contribution in [2.45, 2.75) is 46.2 Å². The fourth-order valence-electron chi connectivity index (χ4n) is 2.00. The van der Waals surface area contributed by atoms with Crippen LogP contribution in [0.4, 0.5) is 0 Å². The second-order valence-corrected chi connectivity index (χ2v) is 4.75. The fraction of sp³-hybridized carbons (Fsp3) is 0.615. The summed E-state index contributed by atoms with van der Waals surface area (Å²) in [5.74, 6) is 0.0751. The molecule has 0 saturated carbocycles. The maximum Gasteiger partial charge on any atom is 0.376 e. The van der Waals surface area contributed by atoms with Gasteiger partial charge in [0.25, 0.3) is 0 Å². The first kappa shape index (κ1) is 14.7. The van der Waals surface area contributed by atoms with Crippen LogP contribution in [0.2, 0.25) is 0 Å². The number of rotatable bonds is 6. The molecular formula is C13H24N4O+2. The summed E-state index contributed by atoms with van der Waals surface area (Å²) in [6.45, 7) is 7.17. The van der Waals surface area contributed by atoms with Gasteiger partial charge in [-0.1, -0.05) is 19.8 Å². The van der Waals surface area contributed by atoms with Crippen molar-refractivity contribution in [3.05, 3.63) is 27.8 Å². The highest BCUT2D eigenvalue weighted by Crippen LogP contribution is 2.11. The molecule has 0 aromatic rings. The quantitative estimate of drug-likeness (QED) is 0.265. The number of unbranched alkanes of at least 4 members (excludes halogenated alkanes) is 2. The fourth-order valence-corrected chi connectivity index (χ4v) is 2.00.